The highest BCUT2D eigenvalue weighted by atomic mass is 32.2. The summed E-state index contributed by atoms with van der Waals surface area (Å²) in [5, 5.41) is 0.350. The van der Waals surface area contributed by atoms with Crippen LogP contribution >= 0.6 is 0 Å². The molecule has 2 unspecified atom stereocenters. The highest BCUT2D eigenvalue weighted by molar-refractivity contribution is 7.85. The van der Waals surface area contributed by atoms with Gasteiger partial charge in [-0.15, -0.1) is 0 Å². The van der Waals surface area contributed by atoms with Crippen molar-refractivity contribution in [2.24, 2.45) is 11.7 Å². The lowest BCUT2D eigenvalue weighted by atomic mass is 10.2. The lowest BCUT2D eigenvalue weighted by molar-refractivity contribution is 0.0991. The van der Waals surface area contributed by atoms with E-state index in [4.69, 9.17) is 10.5 Å². The molecule has 0 bridgehead atoms. The van der Waals surface area contributed by atoms with E-state index in [1.54, 1.807) is 0 Å². The van der Waals surface area contributed by atoms with E-state index in [0.717, 1.165) is 31.8 Å². The Labute approximate surface area is 82.5 Å². The van der Waals surface area contributed by atoms with E-state index in [-0.39, 0.29) is 0 Å². The summed E-state index contributed by atoms with van der Waals surface area (Å²) >= 11 is 0. The van der Waals surface area contributed by atoms with Crippen molar-refractivity contribution in [3.05, 3.63) is 0 Å². The molecule has 2 atom stereocenters. The van der Waals surface area contributed by atoms with Crippen molar-refractivity contribution in [3.63, 3.8) is 0 Å². The van der Waals surface area contributed by atoms with Gasteiger partial charge in [-0.2, -0.15) is 0 Å². The highest BCUT2D eigenvalue weighted by Gasteiger charge is 2.21. The molecule has 1 saturated heterocycles. The second-order valence-electron chi connectivity index (χ2n) is 3.70. The third-order valence-corrected chi connectivity index (χ3v) is 4.50. The Morgan fingerprint density at radius 3 is 2.69 bits per heavy atom. The van der Waals surface area contributed by atoms with E-state index < -0.39 is 10.8 Å². The lowest BCUT2D eigenvalue weighted by Gasteiger charge is -2.22. The summed E-state index contributed by atoms with van der Waals surface area (Å²) in [6.45, 7) is 4.23. The minimum absolute atomic E-state index is 0.350. The molecule has 1 fully saturated rings. The van der Waals surface area contributed by atoms with E-state index in [2.05, 4.69) is 6.92 Å². The Hall–Kier alpha value is 0.0700. The van der Waals surface area contributed by atoms with Crippen LogP contribution in [0.1, 0.15) is 19.8 Å². The minimum atomic E-state index is -0.696. The largest absolute Gasteiger partial charge is 0.381 e. The first kappa shape index (κ1) is 11.1. The van der Waals surface area contributed by atoms with Gasteiger partial charge in [0.15, 0.2) is 0 Å². The molecular formula is C9H19NO2S. The molecule has 0 radical (unpaired) electrons. The maximum absolute atomic E-state index is 11.8. The summed E-state index contributed by atoms with van der Waals surface area (Å²) in [7, 11) is -0.696. The zero-order valence-electron chi connectivity index (χ0n) is 8.20. The van der Waals surface area contributed by atoms with Gasteiger partial charge < -0.3 is 10.5 Å². The van der Waals surface area contributed by atoms with Crippen molar-refractivity contribution in [2.45, 2.75) is 25.0 Å². The van der Waals surface area contributed by atoms with Crippen LogP contribution in [0.4, 0.5) is 0 Å². The third kappa shape index (κ3) is 3.75. The molecule has 0 aromatic rings. The van der Waals surface area contributed by atoms with Crippen LogP contribution in [0.2, 0.25) is 0 Å². The van der Waals surface area contributed by atoms with Crippen molar-refractivity contribution >= 4 is 10.8 Å². The molecule has 1 aliphatic rings. The summed E-state index contributed by atoms with van der Waals surface area (Å²) in [6.07, 6.45) is 1.90. The molecule has 78 valence electrons. The van der Waals surface area contributed by atoms with E-state index >= 15 is 0 Å². The molecule has 1 aliphatic heterocycles. The van der Waals surface area contributed by atoms with Crippen molar-refractivity contribution in [3.8, 4) is 0 Å². The normalized spacial score (nSPS) is 24.2. The molecule has 1 heterocycles. The fraction of sp³-hybridized carbons (Fsp3) is 1.00. The quantitative estimate of drug-likeness (QED) is 0.727. The van der Waals surface area contributed by atoms with Crippen LogP contribution in [0, 0.1) is 5.92 Å². The van der Waals surface area contributed by atoms with Crippen LogP contribution in [0.5, 0.6) is 0 Å². The molecule has 0 spiro atoms. The molecule has 0 aromatic carbocycles. The third-order valence-electron chi connectivity index (χ3n) is 2.39. The van der Waals surface area contributed by atoms with Crippen LogP contribution in [0.25, 0.3) is 0 Å². The zero-order chi connectivity index (χ0) is 9.68. The predicted molar refractivity (Wildman–Crippen MR) is 55.1 cm³/mol. The Morgan fingerprint density at radius 1 is 1.54 bits per heavy atom. The topological polar surface area (TPSA) is 52.3 Å². The number of ether oxygens (including phenoxy) is 1. The SMILES string of the molecule is CC(CN)CS(=O)C1CCOCC1. The monoisotopic (exact) mass is 205 g/mol. The Morgan fingerprint density at radius 2 is 2.15 bits per heavy atom. The summed E-state index contributed by atoms with van der Waals surface area (Å²) in [4.78, 5) is 0. The molecule has 3 nitrogen and oxygen atoms in total. The second-order valence-corrected chi connectivity index (χ2v) is 5.46. The molecule has 0 saturated carbocycles. The highest BCUT2D eigenvalue weighted by Crippen LogP contribution is 2.14. The number of rotatable bonds is 4. The van der Waals surface area contributed by atoms with Crippen LogP contribution < -0.4 is 5.73 Å². The van der Waals surface area contributed by atoms with Gasteiger partial charge in [-0.25, -0.2) is 0 Å². The number of hydrogen-bond donors (Lipinski definition) is 1. The van der Waals surface area contributed by atoms with Crippen molar-refractivity contribution in [1.29, 1.82) is 0 Å². The fourth-order valence-corrected chi connectivity index (χ4v) is 3.11. The predicted octanol–water partition coefficient (Wildman–Crippen LogP) is 0.509. The molecule has 0 aromatic heterocycles. The van der Waals surface area contributed by atoms with Gasteiger partial charge in [0.2, 0.25) is 0 Å². The van der Waals surface area contributed by atoms with E-state index in [1.165, 1.54) is 0 Å². The first-order chi connectivity index (χ1) is 6.24. The van der Waals surface area contributed by atoms with Crippen LogP contribution in [-0.4, -0.2) is 35.0 Å². The molecule has 0 amide bonds. The maximum Gasteiger partial charge on any atom is 0.0477 e. The molecule has 13 heavy (non-hydrogen) atoms. The summed E-state index contributed by atoms with van der Waals surface area (Å²) in [6, 6.07) is 0. The van der Waals surface area contributed by atoms with E-state index in [0.29, 0.717) is 17.7 Å². The van der Waals surface area contributed by atoms with E-state index in [9.17, 15) is 4.21 Å². The van der Waals surface area contributed by atoms with Crippen LogP contribution in [0.3, 0.4) is 0 Å². The van der Waals surface area contributed by atoms with Gasteiger partial charge in [-0.05, 0) is 25.3 Å². The average molecular weight is 205 g/mol. The number of hydrogen-bond acceptors (Lipinski definition) is 3. The fourth-order valence-electron chi connectivity index (χ4n) is 1.42. The molecule has 1 rings (SSSR count). The van der Waals surface area contributed by atoms with Gasteiger partial charge in [0.05, 0.1) is 0 Å². The molecule has 0 aliphatic carbocycles. The van der Waals surface area contributed by atoms with Gasteiger partial charge in [-0.1, -0.05) is 6.92 Å². The van der Waals surface area contributed by atoms with Crippen molar-refractivity contribution in [1.82, 2.24) is 0 Å². The molecule has 2 N–H and O–H groups in total. The summed E-state index contributed by atoms with van der Waals surface area (Å²) < 4.78 is 17.0. The van der Waals surface area contributed by atoms with Gasteiger partial charge in [0.1, 0.15) is 0 Å². The Balaban J connectivity index is 2.29. The zero-order valence-corrected chi connectivity index (χ0v) is 9.02. The summed E-state index contributed by atoms with van der Waals surface area (Å²) in [5.74, 6) is 1.13. The number of nitrogens with two attached hydrogens (primary N) is 1. The van der Waals surface area contributed by atoms with Gasteiger partial charge >= 0.3 is 0 Å². The first-order valence-corrected chi connectivity index (χ1v) is 6.27. The van der Waals surface area contributed by atoms with Gasteiger partial charge in [0, 0.05) is 35.0 Å². The smallest absolute Gasteiger partial charge is 0.0477 e. The minimum Gasteiger partial charge on any atom is -0.381 e. The lowest BCUT2D eigenvalue weighted by Crippen LogP contribution is -2.29. The van der Waals surface area contributed by atoms with Crippen LogP contribution in [0.15, 0.2) is 0 Å². The second kappa shape index (κ2) is 5.73. The maximum atomic E-state index is 11.8. The van der Waals surface area contributed by atoms with Gasteiger partial charge in [0.25, 0.3) is 0 Å². The van der Waals surface area contributed by atoms with Crippen LogP contribution in [-0.2, 0) is 15.5 Å². The molecule has 4 heteroatoms. The van der Waals surface area contributed by atoms with Gasteiger partial charge in [-0.3, -0.25) is 4.21 Å². The Bertz CT molecular complexity index is 169. The average Bonchev–Trinajstić information content (AvgIpc) is 2.19. The first-order valence-electron chi connectivity index (χ1n) is 4.89. The summed E-state index contributed by atoms with van der Waals surface area (Å²) in [5.41, 5.74) is 5.49. The van der Waals surface area contributed by atoms with Crippen molar-refractivity contribution < 1.29 is 8.95 Å². The Kier molecular flexibility index (Phi) is 4.91. The van der Waals surface area contributed by atoms with E-state index in [1.807, 2.05) is 0 Å². The standard InChI is InChI=1S/C9H19NO2S/c1-8(6-10)7-13(11)9-2-4-12-5-3-9/h8-9H,2-7,10H2,1H3. The molecular weight excluding hydrogens is 186 g/mol. The van der Waals surface area contributed by atoms with Crippen molar-refractivity contribution in [2.75, 3.05) is 25.5 Å².